The van der Waals surface area contributed by atoms with E-state index in [-0.39, 0.29) is 12.3 Å². The maximum Gasteiger partial charge on any atom is 0.252 e. The molecule has 1 aliphatic heterocycles. The quantitative estimate of drug-likeness (QED) is 0.654. The molecule has 3 heterocycles. The lowest BCUT2D eigenvalue weighted by molar-refractivity contribution is 0.364. The highest BCUT2D eigenvalue weighted by molar-refractivity contribution is 5.89. The molecule has 0 spiro atoms. The zero-order valence-corrected chi connectivity index (χ0v) is 16.7. The van der Waals surface area contributed by atoms with Crippen molar-refractivity contribution in [3.8, 4) is 28.3 Å². The minimum absolute atomic E-state index is 0.148. The Morgan fingerprint density at radius 1 is 1.21 bits per heavy atom. The van der Waals surface area contributed by atoms with Crippen molar-refractivity contribution in [1.82, 2.24) is 15.2 Å². The maximum atomic E-state index is 13.9. The Balaban J connectivity index is 1.82. The van der Waals surface area contributed by atoms with Crippen LogP contribution in [0.3, 0.4) is 0 Å². The monoisotopic (exact) mass is 396 g/mol. The number of anilines is 1. The fourth-order valence-corrected chi connectivity index (χ4v) is 3.61. The van der Waals surface area contributed by atoms with Gasteiger partial charge in [0.25, 0.3) is 5.89 Å². The molecule has 1 N–H and O–H groups in total. The number of aryl methyl sites for hydroxylation is 1. The van der Waals surface area contributed by atoms with E-state index < -0.39 is 6.17 Å². The summed E-state index contributed by atoms with van der Waals surface area (Å²) >= 11 is 0. The second-order valence-corrected chi connectivity index (χ2v) is 7.84. The van der Waals surface area contributed by atoms with Gasteiger partial charge in [0.2, 0.25) is 5.89 Å². The Kier molecular flexibility index (Phi) is 5.47. The van der Waals surface area contributed by atoms with Gasteiger partial charge >= 0.3 is 0 Å². The Morgan fingerprint density at radius 2 is 2.03 bits per heavy atom. The van der Waals surface area contributed by atoms with Crippen LogP contribution in [0.5, 0.6) is 5.75 Å². The van der Waals surface area contributed by atoms with Crippen molar-refractivity contribution >= 4 is 5.82 Å². The van der Waals surface area contributed by atoms with E-state index in [1.54, 1.807) is 18.3 Å². The first-order valence-electron chi connectivity index (χ1n) is 10.0. The van der Waals surface area contributed by atoms with Crippen molar-refractivity contribution in [2.24, 2.45) is 5.92 Å². The van der Waals surface area contributed by atoms with Crippen LogP contribution in [-0.2, 0) is 6.42 Å². The number of alkyl halides is 1. The number of aromatic hydroxyl groups is 1. The molecular weight excluding hydrogens is 371 g/mol. The molecule has 0 saturated carbocycles. The number of para-hydroxylation sites is 1. The normalized spacial score (nSPS) is 16.7. The van der Waals surface area contributed by atoms with Gasteiger partial charge in [-0.25, -0.2) is 9.37 Å². The Morgan fingerprint density at radius 3 is 2.76 bits per heavy atom. The molecule has 1 fully saturated rings. The number of hydrogen-bond donors (Lipinski definition) is 1. The van der Waals surface area contributed by atoms with Crippen LogP contribution in [-0.4, -0.2) is 39.5 Å². The van der Waals surface area contributed by atoms with Crippen LogP contribution in [0.25, 0.3) is 22.6 Å². The van der Waals surface area contributed by atoms with Crippen molar-refractivity contribution in [3.05, 3.63) is 42.4 Å². The number of rotatable bonds is 6. The predicted octanol–water partition coefficient (Wildman–Crippen LogP) is 4.64. The van der Waals surface area contributed by atoms with Crippen LogP contribution in [0.4, 0.5) is 10.2 Å². The minimum atomic E-state index is -0.886. The smallest absolute Gasteiger partial charge is 0.252 e. The predicted molar refractivity (Wildman–Crippen MR) is 110 cm³/mol. The highest BCUT2D eigenvalue weighted by atomic mass is 19.1. The van der Waals surface area contributed by atoms with Gasteiger partial charge in [0, 0.05) is 30.3 Å². The zero-order valence-electron chi connectivity index (χ0n) is 16.7. The molecule has 29 heavy (non-hydrogen) atoms. The number of phenols is 1. The van der Waals surface area contributed by atoms with Gasteiger partial charge in [-0.1, -0.05) is 32.0 Å². The van der Waals surface area contributed by atoms with Crippen molar-refractivity contribution in [2.75, 3.05) is 18.0 Å². The molecule has 0 radical (unpaired) electrons. The Bertz CT molecular complexity index is 988. The maximum absolute atomic E-state index is 13.9. The van der Waals surface area contributed by atoms with E-state index in [4.69, 9.17) is 4.42 Å². The number of nitrogens with zero attached hydrogens (tertiary/aromatic N) is 4. The lowest BCUT2D eigenvalue weighted by Gasteiger charge is -2.21. The van der Waals surface area contributed by atoms with Gasteiger partial charge in [-0.05, 0) is 30.9 Å². The van der Waals surface area contributed by atoms with E-state index in [0.717, 1.165) is 12.0 Å². The average molecular weight is 396 g/mol. The molecule has 2 aromatic heterocycles. The van der Waals surface area contributed by atoms with E-state index in [0.29, 0.717) is 54.0 Å². The first-order chi connectivity index (χ1) is 14.0. The van der Waals surface area contributed by atoms with Crippen LogP contribution in [0.15, 0.2) is 40.9 Å². The van der Waals surface area contributed by atoms with Gasteiger partial charge in [0.05, 0.1) is 12.1 Å². The number of halogens is 1. The van der Waals surface area contributed by atoms with Crippen LogP contribution in [0.2, 0.25) is 0 Å². The fraction of sp³-hybridized carbons (Fsp3) is 0.409. The van der Waals surface area contributed by atoms with E-state index >= 15 is 0 Å². The zero-order chi connectivity index (χ0) is 20.4. The molecule has 7 heteroatoms. The third-order valence-corrected chi connectivity index (χ3v) is 5.17. The van der Waals surface area contributed by atoms with E-state index in [1.165, 1.54) is 0 Å². The molecule has 0 unspecified atom stereocenters. The highest BCUT2D eigenvalue weighted by Crippen LogP contribution is 2.41. The third kappa shape index (κ3) is 4.09. The SMILES string of the molecule is CC(C)CCc1nnc(-c2c(-c3ccccc3O)ccnc2N2CC[C@H](F)C2)o1. The Labute approximate surface area is 169 Å². The van der Waals surface area contributed by atoms with Crippen LogP contribution in [0.1, 0.15) is 32.6 Å². The lowest BCUT2D eigenvalue weighted by atomic mass is 9.99. The molecule has 4 rings (SSSR count). The molecule has 0 aliphatic carbocycles. The van der Waals surface area contributed by atoms with Crippen LogP contribution < -0.4 is 4.90 Å². The molecule has 1 aliphatic rings. The third-order valence-electron chi connectivity index (χ3n) is 5.17. The molecule has 6 nitrogen and oxygen atoms in total. The van der Waals surface area contributed by atoms with Crippen molar-refractivity contribution in [1.29, 1.82) is 0 Å². The van der Waals surface area contributed by atoms with Gasteiger partial charge in [0.1, 0.15) is 17.7 Å². The fourth-order valence-electron chi connectivity index (χ4n) is 3.61. The summed E-state index contributed by atoms with van der Waals surface area (Å²) in [5.41, 5.74) is 2.00. The summed E-state index contributed by atoms with van der Waals surface area (Å²) in [7, 11) is 0. The average Bonchev–Trinajstić information content (AvgIpc) is 3.35. The topological polar surface area (TPSA) is 75.3 Å². The van der Waals surface area contributed by atoms with Gasteiger partial charge < -0.3 is 14.4 Å². The van der Waals surface area contributed by atoms with E-state index in [9.17, 15) is 9.50 Å². The van der Waals surface area contributed by atoms with Crippen LogP contribution in [0, 0.1) is 5.92 Å². The minimum Gasteiger partial charge on any atom is -0.507 e. The summed E-state index contributed by atoms with van der Waals surface area (Å²) in [6.07, 6.45) is 2.89. The van der Waals surface area contributed by atoms with E-state index in [1.807, 2.05) is 23.1 Å². The number of aromatic nitrogens is 3. The number of benzene rings is 1. The van der Waals surface area contributed by atoms with Gasteiger partial charge in [0.15, 0.2) is 0 Å². The molecule has 1 atom stereocenters. The molecule has 1 aromatic carbocycles. The summed E-state index contributed by atoms with van der Waals surface area (Å²) in [6.45, 7) is 5.14. The first kappa shape index (κ1) is 19.4. The van der Waals surface area contributed by atoms with Gasteiger partial charge in [-0.2, -0.15) is 0 Å². The largest absolute Gasteiger partial charge is 0.507 e. The summed E-state index contributed by atoms with van der Waals surface area (Å²) in [5.74, 6) is 2.19. The first-order valence-corrected chi connectivity index (χ1v) is 10.0. The second-order valence-electron chi connectivity index (χ2n) is 7.84. The van der Waals surface area contributed by atoms with Gasteiger partial charge in [-0.3, -0.25) is 0 Å². The standard InChI is InChI=1S/C22H25FN4O2/c1-14(2)7-8-19-25-26-22(29-19)20-17(16-5-3-4-6-18(16)28)9-11-24-21(20)27-12-10-15(23)13-27/h3-6,9,11,14-15,28H,7-8,10,12-13H2,1-2H3/t15-/m0/s1. The van der Waals surface area contributed by atoms with Gasteiger partial charge in [-0.15, -0.1) is 10.2 Å². The molecule has 1 saturated heterocycles. The summed E-state index contributed by atoms with van der Waals surface area (Å²) < 4.78 is 19.9. The molecule has 3 aromatic rings. The second kappa shape index (κ2) is 8.19. The number of hydrogen-bond acceptors (Lipinski definition) is 6. The van der Waals surface area contributed by atoms with Crippen molar-refractivity contribution in [3.63, 3.8) is 0 Å². The molecule has 0 amide bonds. The molecular formula is C22H25FN4O2. The van der Waals surface area contributed by atoms with Crippen LogP contribution >= 0.6 is 0 Å². The van der Waals surface area contributed by atoms with Crippen molar-refractivity contribution in [2.45, 2.75) is 39.3 Å². The van der Waals surface area contributed by atoms with Crippen molar-refractivity contribution < 1.29 is 13.9 Å². The molecule has 0 bridgehead atoms. The summed E-state index contributed by atoms with van der Waals surface area (Å²) in [5, 5.41) is 18.9. The summed E-state index contributed by atoms with van der Waals surface area (Å²) in [4.78, 5) is 6.42. The number of phenolic OH excluding ortho intramolecular Hbond substituents is 1. The lowest BCUT2D eigenvalue weighted by Crippen LogP contribution is -2.22. The number of pyridine rings is 1. The Hall–Kier alpha value is -2.96. The summed E-state index contributed by atoms with van der Waals surface area (Å²) in [6, 6.07) is 8.90. The molecule has 152 valence electrons. The van der Waals surface area contributed by atoms with E-state index in [2.05, 4.69) is 29.0 Å². The highest BCUT2D eigenvalue weighted by Gasteiger charge is 2.29.